The fourth-order valence-corrected chi connectivity index (χ4v) is 6.23. The fraction of sp³-hybridized carbons (Fsp3) is 0.250. The molecule has 1 aliphatic carbocycles. The van der Waals surface area contributed by atoms with Gasteiger partial charge in [0, 0.05) is 23.0 Å². The number of methoxy groups -OCH3 is 1. The summed E-state index contributed by atoms with van der Waals surface area (Å²) in [6.07, 6.45) is 2.72. The molecule has 1 atom stereocenters. The quantitative estimate of drug-likeness (QED) is 0.290. The van der Waals surface area contributed by atoms with Crippen molar-refractivity contribution in [3.8, 4) is 16.9 Å². The number of hydrogen-bond acceptors (Lipinski definition) is 4. The minimum atomic E-state index is -0.162. The zero-order chi connectivity index (χ0) is 26.1. The van der Waals surface area contributed by atoms with Crippen molar-refractivity contribution >= 4 is 23.2 Å². The van der Waals surface area contributed by atoms with Gasteiger partial charge in [0.15, 0.2) is 0 Å². The minimum absolute atomic E-state index is 0.0103. The zero-order valence-electron chi connectivity index (χ0n) is 21.4. The summed E-state index contributed by atoms with van der Waals surface area (Å²) in [5.74, 6) is 0.704. The lowest BCUT2D eigenvalue weighted by molar-refractivity contribution is -0.134. The monoisotopic (exact) mass is 522 g/mol. The van der Waals surface area contributed by atoms with Crippen LogP contribution in [0.3, 0.4) is 0 Å². The number of nitrogens with zero attached hydrogens (tertiary/aromatic N) is 2. The van der Waals surface area contributed by atoms with E-state index in [0.717, 1.165) is 41.7 Å². The average molecular weight is 523 g/mol. The first kappa shape index (κ1) is 24.4. The molecular formula is C32H30N2O3S. The van der Waals surface area contributed by atoms with E-state index in [1.807, 2.05) is 71.6 Å². The molecule has 1 unspecified atom stereocenters. The van der Waals surface area contributed by atoms with Crippen LogP contribution >= 0.6 is 11.3 Å². The highest BCUT2D eigenvalue weighted by atomic mass is 32.1. The van der Waals surface area contributed by atoms with Gasteiger partial charge in [-0.05, 0) is 77.2 Å². The van der Waals surface area contributed by atoms with Gasteiger partial charge >= 0.3 is 0 Å². The third-order valence-corrected chi connectivity index (χ3v) is 8.51. The number of thiophene rings is 1. The van der Waals surface area contributed by atoms with E-state index >= 15 is 0 Å². The van der Waals surface area contributed by atoms with Gasteiger partial charge < -0.3 is 14.5 Å². The maximum Gasteiger partial charge on any atom is 0.254 e. The van der Waals surface area contributed by atoms with Gasteiger partial charge in [-0.2, -0.15) is 0 Å². The van der Waals surface area contributed by atoms with Gasteiger partial charge in [-0.25, -0.2) is 0 Å². The molecule has 0 saturated heterocycles. The predicted molar refractivity (Wildman–Crippen MR) is 151 cm³/mol. The number of carbonyl (C=O) groups is 2. The Hall–Kier alpha value is -3.90. The molecule has 2 heterocycles. The normalized spacial score (nSPS) is 16.6. The molecule has 6 heteroatoms. The van der Waals surface area contributed by atoms with Crippen LogP contribution in [0.4, 0.5) is 0 Å². The number of carbonyl (C=O) groups excluding carboxylic acids is 2. The third-order valence-electron chi connectivity index (χ3n) is 7.51. The molecule has 1 saturated carbocycles. The highest BCUT2D eigenvalue weighted by molar-refractivity contribution is 7.10. The van der Waals surface area contributed by atoms with Crippen LogP contribution in [0.1, 0.15) is 45.2 Å². The van der Waals surface area contributed by atoms with Crippen LogP contribution in [0.5, 0.6) is 5.75 Å². The van der Waals surface area contributed by atoms with Gasteiger partial charge in [0.05, 0.1) is 13.2 Å². The van der Waals surface area contributed by atoms with E-state index in [2.05, 4.69) is 23.6 Å². The van der Waals surface area contributed by atoms with E-state index < -0.39 is 0 Å². The molecule has 0 bridgehead atoms. The molecule has 1 aromatic heterocycles. The van der Waals surface area contributed by atoms with Crippen LogP contribution in [0, 0.1) is 0 Å². The van der Waals surface area contributed by atoms with Gasteiger partial charge in [-0.3, -0.25) is 9.59 Å². The number of ether oxygens (including phenoxy) is 1. The molecule has 2 amide bonds. The number of amides is 2. The van der Waals surface area contributed by atoms with Crippen LogP contribution in [0.2, 0.25) is 0 Å². The molecule has 6 rings (SSSR count). The summed E-state index contributed by atoms with van der Waals surface area (Å²) in [7, 11) is 1.65. The summed E-state index contributed by atoms with van der Waals surface area (Å²) in [5, 5.41) is 2.11. The Bertz CT molecular complexity index is 1430. The highest BCUT2D eigenvalue weighted by Crippen LogP contribution is 2.39. The highest BCUT2D eigenvalue weighted by Gasteiger charge is 2.38. The lowest BCUT2D eigenvalue weighted by Crippen LogP contribution is -2.47. The van der Waals surface area contributed by atoms with Crippen molar-refractivity contribution in [3.63, 3.8) is 0 Å². The molecule has 5 nitrogen and oxygen atoms in total. The van der Waals surface area contributed by atoms with Gasteiger partial charge in [-0.15, -0.1) is 11.3 Å². The van der Waals surface area contributed by atoms with E-state index in [0.29, 0.717) is 12.1 Å². The lowest BCUT2D eigenvalue weighted by atomic mass is 9.93. The Morgan fingerprint density at radius 1 is 0.921 bits per heavy atom. The summed E-state index contributed by atoms with van der Waals surface area (Å²) in [6, 6.07) is 27.9. The van der Waals surface area contributed by atoms with Crippen molar-refractivity contribution in [2.45, 2.75) is 31.3 Å². The van der Waals surface area contributed by atoms with Gasteiger partial charge in [0.25, 0.3) is 5.91 Å². The number of fused-ring (bicyclic) bond motifs is 1. The maximum atomic E-state index is 13.9. The second kappa shape index (κ2) is 10.5. The SMILES string of the molecule is COc1ccc(C2c3ccsc3CCN2C(=O)CN(C(=O)c2ccc(-c3ccccc3)cc2)C2CC2)cc1. The van der Waals surface area contributed by atoms with Crippen LogP contribution in [-0.4, -0.2) is 47.9 Å². The second-order valence-corrected chi connectivity index (χ2v) is 10.9. The van der Waals surface area contributed by atoms with Crippen molar-refractivity contribution in [1.82, 2.24) is 9.80 Å². The van der Waals surface area contributed by atoms with Crippen LogP contribution in [-0.2, 0) is 11.2 Å². The van der Waals surface area contributed by atoms with Crippen LogP contribution < -0.4 is 4.74 Å². The molecule has 38 heavy (non-hydrogen) atoms. The molecule has 1 fully saturated rings. The summed E-state index contributed by atoms with van der Waals surface area (Å²) >= 11 is 1.75. The summed E-state index contributed by atoms with van der Waals surface area (Å²) < 4.78 is 5.35. The van der Waals surface area contributed by atoms with Crippen LogP contribution in [0.15, 0.2) is 90.3 Å². The molecule has 4 aromatic rings. The molecular weight excluding hydrogens is 492 g/mol. The molecule has 2 aliphatic rings. The Balaban J connectivity index is 1.24. The first-order chi connectivity index (χ1) is 18.6. The van der Waals surface area contributed by atoms with Crippen molar-refractivity contribution in [3.05, 3.63) is 112 Å². The topological polar surface area (TPSA) is 49.9 Å². The largest absolute Gasteiger partial charge is 0.497 e. The smallest absolute Gasteiger partial charge is 0.254 e. The lowest BCUT2D eigenvalue weighted by Gasteiger charge is -2.37. The Kier molecular flexibility index (Phi) is 6.73. The van der Waals surface area contributed by atoms with E-state index in [1.165, 1.54) is 10.4 Å². The zero-order valence-corrected chi connectivity index (χ0v) is 22.2. The Morgan fingerprint density at radius 2 is 1.63 bits per heavy atom. The fourth-order valence-electron chi connectivity index (χ4n) is 5.32. The molecule has 0 spiro atoms. The standard InChI is InChI=1S/C32H30N2O3S/c1-37-27-15-11-24(12-16-27)31-28-18-20-38-29(28)17-19-33(31)30(35)21-34(26-13-14-26)32(36)25-9-7-23(8-10-25)22-5-3-2-4-6-22/h2-12,15-16,18,20,26,31H,13-14,17,19,21H2,1H3. The number of benzene rings is 3. The second-order valence-electron chi connectivity index (χ2n) is 9.92. The van der Waals surface area contributed by atoms with Crippen molar-refractivity contribution in [2.24, 2.45) is 0 Å². The van der Waals surface area contributed by atoms with Gasteiger partial charge in [0.2, 0.25) is 5.91 Å². The molecule has 3 aromatic carbocycles. The van der Waals surface area contributed by atoms with Gasteiger partial charge in [-0.1, -0.05) is 54.6 Å². The average Bonchev–Trinajstić information content (AvgIpc) is 3.71. The number of rotatable bonds is 7. The molecule has 0 radical (unpaired) electrons. The summed E-state index contributed by atoms with van der Waals surface area (Å²) in [6.45, 7) is 0.734. The van der Waals surface area contributed by atoms with E-state index in [4.69, 9.17) is 4.74 Å². The summed E-state index contributed by atoms with van der Waals surface area (Å²) in [5.41, 5.74) is 5.04. The third kappa shape index (κ3) is 4.84. The number of hydrogen-bond donors (Lipinski definition) is 0. The van der Waals surface area contributed by atoms with Gasteiger partial charge in [0.1, 0.15) is 12.3 Å². The maximum absolute atomic E-state index is 13.9. The van der Waals surface area contributed by atoms with E-state index in [9.17, 15) is 9.59 Å². The summed E-state index contributed by atoms with van der Waals surface area (Å²) in [4.78, 5) is 32.5. The van der Waals surface area contributed by atoms with E-state index in [1.54, 1.807) is 23.3 Å². The molecule has 1 aliphatic heterocycles. The Labute approximate surface area is 227 Å². The van der Waals surface area contributed by atoms with Crippen molar-refractivity contribution in [1.29, 1.82) is 0 Å². The minimum Gasteiger partial charge on any atom is -0.497 e. The van der Waals surface area contributed by atoms with Crippen molar-refractivity contribution in [2.75, 3.05) is 20.2 Å². The van der Waals surface area contributed by atoms with Crippen molar-refractivity contribution < 1.29 is 14.3 Å². The molecule has 0 N–H and O–H groups in total. The van der Waals surface area contributed by atoms with Crippen LogP contribution in [0.25, 0.3) is 11.1 Å². The Morgan fingerprint density at radius 3 is 2.32 bits per heavy atom. The predicted octanol–water partition coefficient (Wildman–Crippen LogP) is 6.20. The first-order valence-corrected chi connectivity index (χ1v) is 14.0. The molecule has 192 valence electrons. The van der Waals surface area contributed by atoms with E-state index in [-0.39, 0.29) is 30.4 Å². The first-order valence-electron chi connectivity index (χ1n) is 13.1.